The molecular formula is C15H17NO3. The molecule has 2 rings (SSSR count). The fourth-order valence-electron chi connectivity index (χ4n) is 1.93. The third-order valence-corrected chi connectivity index (χ3v) is 3.11. The van der Waals surface area contributed by atoms with Crippen molar-refractivity contribution >= 4 is 11.7 Å². The van der Waals surface area contributed by atoms with E-state index in [1.807, 2.05) is 26.1 Å². The molecule has 2 aromatic rings. The van der Waals surface area contributed by atoms with Crippen molar-refractivity contribution in [3.05, 3.63) is 53.0 Å². The zero-order chi connectivity index (χ0) is 14.0. The number of aromatic carboxylic acids is 1. The van der Waals surface area contributed by atoms with Crippen LogP contribution in [0.3, 0.4) is 0 Å². The molecule has 0 unspecified atom stereocenters. The van der Waals surface area contributed by atoms with Crippen LogP contribution in [0.15, 0.2) is 34.7 Å². The molecule has 0 aliphatic rings. The maximum Gasteiger partial charge on any atom is 0.371 e. The predicted octanol–water partition coefficient (Wildman–Crippen LogP) is 3.23. The van der Waals surface area contributed by atoms with Crippen molar-refractivity contribution in [3.63, 3.8) is 0 Å². The first-order valence-corrected chi connectivity index (χ1v) is 6.08. The Morgan fingerprint density at radius 2 is 1.89 bits per heavy atom. The quantitative estimate of drug-likeness (QED) is 0.915. The second-order valence-electron chi connectivity index (χ2n) is 4.69. The first-order valence-electron chi connectivity index (χ1n) is 6.08. The van der Waals surface area contributed by atoms with Gasteiger partial charge < -0.3 is 14.4 Å². The van der Waals surface area contributed by atoms with Crippen LogP contribution in [0.25, 0.3) is 0 Å². The van der Waals surface area contributed by atoms with E-state index in [0.29, 0.717) is 12.3 Å². The second-order valence-corrected chi connectivity index (χ2v) is 4.69. The summed E-state index contributed by atoms with van der Waals surface area (Å²) in [5.41, 5.74) is 3.19. The van der Waals surface area contributed by atoms with Gasteiger partial charge in [-0.2, -0.15) is 0 Å². The van der Waals surface area contributed by atoms with Crippen LogP contribution in [0.5, 0.6) is 0 Å². The minimum absolute atomic E-state index is 0.00944. The standard InChI is InChI=1S/C15H17NO3/c1-10-4-6-13(7-5-10)16(3)9-12-8-14(15(17)18)19-11(12)2/h4-8H,9H2,1-3H3,(H,17,18). The van der Waals surface area contributed by atoms with E-state index in [-0.39, 0.29) is 5.76 Å². The van der Waals surface area contributed by atoms with E-state index in [2.05, 4.69) is 17.0 Å². The molecule has 1 heterocycles. The Morgan fingerprint density at radius 1 is 1.26 bits per heavy atom. The minimum Gasteiger partial charge on any atom is -0.475 e. The number of carboxylic acid groups (broad SMARTS) is 1. The van der Waals surface area contributed by atoms with Gasteiger partial charge in [0.25, 0.3) is 0 Å². The maximum absolute atomic E-state index is 10.9. The lowest BCUT2D eigenvalue weighted by Crippen LogP contribution is -2.16. The molecule has 0 saturated heterocycles. The number of aryl methyl sites for hydroxylation is 2. The van der Waals surface area contributed by atoms with E-state index in [0.717, 1.165) is 11.3 Å². The third-order valence-electron chi connectivity index (χ3n) is 3.11. The number of anilines is 1. The summed E-state index contributed by atoms with van der Waals surface area (Å²) >= 11 is 0. The molecule has 19 heavy (non-hydrogen) atoms. The van der Waals surface area contributed by atoms with Gasteiger partial charge in [0.2, 0.25) is 5.76 Å². The number of carboxylic acids is 1. The van der Waals surface area contributed by atoms with Gasteiger partial charge in [-0.15, -0.1) is 0 Å². The summed E-state index contributed by atoms with van der Waals surface area (Å²) in [5.74, 6) is -0.395. The number of furan rings is 1. The largest absolute Gasteiger partial charge is 0.475 e. The van der Waals surface area contributed by atoms with Gasteiger partial charge in [-0.3, -0.25) is 0 Å². The molecule has 4 nitrogen and oxygen atoms in total. The highest BCUT2D eigenvalue weighted by Crippen LogP contribution is 2.20. The molecule has 1 N–H and O–H groups in total. The Morgan fingerprint density at radius 3 is 2.42 bits per heavy atom. The molecule has 0 amide bonds. The first-order chi connectivity index (χ1) is 8.97. The highest BCUT2D eigenvalue weighted by atomic mass is 16.4. The molecule has 0 saturated carbocycles. The van der Waals surface area contributed by atoms with Crippen molar-refractivity contribution in [1.29, 1.82) is 0 Å². The van der Waals surface area contributed by atoms with E-state index in [1.165, 1.54) is 5.56 Å². The molecule has 0 aliphatic carbocycles. The number of nitrogens with zero attached hydrogens (tertiary/aromatic N) is 1. The summed E-state index contributed by atoms with van der Waals surface area (Å²) in [6.07, 6.45) is 0. The molecular weight excluding hydrogens is 242 g/mol. The summed E-state index contributed by atoms with van der Waals surface area (Å²) in [5, 5.41) is 8.90. The lowest BCUT2D eigenvalue weighted by Gasteiger charge is -2.19. The van der Waals surface area contributed by atoms with E-state index in [9.17, 15) is 4.79 Å². The summed E-state index contributed by atoms with van der Waals surface area (Å²) < 4.78 is 5.21. The first kappa shape index (κ1) is 13.2. The molecule has 4 heteroatoms. The number of rotatable bonds is 4. The predicted molar refractivity (Wildman–Crippen MR) is 73.7 cm³/mol. The van der Waals surface area contributed by atoms with Crippen LogP contribution in [-0.4, -0.2) is 18.1 Å². The van der Waals surface area contributed by atoms with Crippen LogP contribution < -0.4 is 4.90 Å². The maximum atomic E-state index is 10.9. The van der Waals surface area contributed by atoms with E-state index < -0.39 is 5.97 Å². The van der Waals surface area contributed by atoms with E-state index in [4.69, 9.17) is 9.52 Å². The molecule has 0 aliphatic heterocycles. The Kier molecular flexibility index (Phi) is 3.60. The molecule has 0 fully saturated rings. The van der Waals surface area contributed by atoms with E-state index >= 15 is 0 Å². The topological polar surface area (TPSA) is 53.7 Å². The molecule has 1 aromatic carbocycles. The van der Waals surface area contributed by atoms with Crippen molar-refractivity contribution in [3.8, 4) is 0 Å². The fraction of sp³-hybridized carbons (Fsp3) is 0.267. The van der Waals surface area contributed by atoms with Gasteiger partial charge in [-0.1, -0.05) is 17.7 Å². The Bertz CT molecular complexity index is 584. The molecule has 0 spiro atoms. The third kappa shape index (κ3) is 2.96. The Balaban J connectivity index is 2.16. The molecule has 0 bridgehead atoms. The highest BCUT2D eigenvalue weighted by Gasteiger charge is 2.14. The number of carbonyl (C=O) groups is 1. The van der Waals surface area contributed by atoms with Crippen molar-refractivity contribution in [1.82, 2.24) is 0 Å². The van der Waals surface area contributed by atoms with Gasteiger partial charge in [-0.25, -0.2) is 4.79 Å². The summed E-state index contributed by atoms with van der Waals surface area (Å²) in [6, 6.07) is 9.78. The van der Waals surface area contributed by atoms with Gasteiger partial charge in [0, 0.05) is 24.8 Å². The number of benzene rings is 1. The van der Waals surface area contributed by atoms with Gasteiger partial charge in [-0.05, 0) is 32.0 Å². The highest BCUT2D eigenvalue weighted by molar-refractivity contribution is 5.84. The molecule has 0 radical (unpaired) electrons. The van der Waals surface area contributed by atoms with Crippen LogP contribution in [0, 0.1) is 13.8 Å². The summed E-state index contributed by atoms with van der Waals surface area (Å²) in [7, 11) is 1.97. The second kappa shape index (κ2) is 5.18. The zero-order valence-corrected chi connectivity index (χ0v) is 11.3. The van der Waals surface area contributed by atoms with Crippen molar-refractivity contribution in [2.45, 2.75) is 20.4 Å². The fourth-order valence-corrected chi connectivity index (χ4v) is 1.93. The lowest BCUT2D eigenvalue weighted by molar-refractivity contribution is 0.0661. The molecule has 100 valence electrons. The SMILES string of the molecule is Cc1ccc(N(C)Cc2cc(C(=O)O)oc2C)cc1. The Labute approximate surface area is 112 Å². The van der Waals surface area contributed by atoms with E-state index in [1.54, 1.807) is 13.0 Å². The number of hydrogen-bond donors (Lipinski definition) is 1. The lowest BCUT2D eigenvalue weighted by atomic mass is 10.2. The monoisotopic (exact) mass is 259 g/mol. The average molecular weight is 259 g/mol. The summed E-state index contributed by atoms with van der Waals surface area (Å²) in [4.78, 5) is 12.9. The van der Waals surface area contributed by atoms with Crippen molar-refractivity contribution in [2.75, 3.05) is 11.9 Å². The van der Waals surface area contributed by atoms with Gasteiger partial charge in [0.05, 0.1) is 0 Å². The van der Waals surface area contributed by atoms with Crippen LogP contribution in [0.4, 0.5) is 5.69 Å². The van der Waals surface area contributed by atoms with Crippen molar-refractivity contribution < 1.29 is 14.3 Å². The zero-order valence-electron chi connectivity index (χ0n) is 11.3. The van der Waals surface area contributed by atoms with Crippen LogP contribution in [0.2, 0.25) is 0 Å². The van der Waals surface area contributed by atoms with Crippen LogP contribution in [-0.2, 0) is 6.54 Å². The van der Waals surface area contributed by atoms with Gasteiger partial charge >= 0.3 is 5.97 Å². The normalized spacial score (nSPS) is 10.5. The number of hydrogen-bond acceptors (Lipinski definition) is 3. The van der Waals surface area contributed by atoms with Gasteiger partial charge in [0.1, 0.15) is 5.76 Å². The van der Waals surface area contributed by atoms with Gasteiger partial charge in [0.15, 0.2) is 0 Å². The van der Waals surface area contributed by atoms with Crippen molar-refractivity contribution in [2.24, 2.45) is 0 Å². The smallest absolute Gasteiger partial charge is 0.371 e. The Hall–Kier alpha value is -2.23. The molecule has 1 aromatic heterocycles. The van der Waals surface area contributed by atoms with Crippen LogP contribution >= 0.6 is 0 Å². The minimum atomic E-state index is -1.03. The summed E-state index contributed by atoms with van der Waals surface area (Å²) in [6.45, 7) is 4.44. The van der Waals surface area contributed by atoms with Crippen LogP contribution in [0.1, 0.15) is 27.4 Å². The average Bonchev–Trinajstić information content (AvgIpc) is 2.72. The molecule has 0 atom stereocenters.